The lowest BCUT2D eigenvalue weighted by molar-refractivity contribution is 1.31. The topological polar surface area (TPSA) is 25.8 Å². The fourth-order valence-electron chi connectivity index (χ4n) is 7.43. The van der Waals surface area contributed by atoms with Crippen LogP contribution in [0.4, 0.5) is 0 Å². The van der Waals surface area contributed by atoms with Crippen LogP contribution in [0, 0.1) is 0 Å². The summed E-state index contributed by atoms with van der Waals surface area (Å²) in [4.78, 5) is 10.2. The lowest BCUT2D eigenvalue weighted by Gasteiger charge is -2.31. The van der Waals surface area contributed by atoms with Gasteiger partial charge in [0.25, 0.3) is 0 Å². The third-order valence-electron chi connectivity index (χ3n) is 9.37. The molecule has 0 radical (unpaired) electrons. The van der Waals surface area contributed by atoms with Gasteiger partial charge in [-0.15, -0.1) is 0 Å². The molecule has 2 nitrogen and oxygen atoms in total. The largest absolute Gasteiger partial charge is 0.256 e. The number of rotatable bonds is 4. The third kappa shape index (κ3) is 4.50. The molecule has 2 heterocycles. The van der Waals surface area contributed by atoms with Crippen LogP contribution in [-0.4, -0.2) is 9.97 Å². The molecule has 0 spiro atoms. The molecule has 0 bridgehead atoms. The minimum Gasteiger partial charge on any atom is -0.256 e. The van der Waals surface area contributed by atoms with Crippen molar-refractivity contribution in [1.29, 1.82) is 0 Å². The van der Waals surface area contributed by atoms with Gasteiger partial charge in [0, 0.05) is 45.8 Å². The molecule has 0 atom stereocenters. The first kappa shape index (κ1) is 27.9. The molecule has 224 valence electrons. The van der Waals surface area contributed by atoms with E-state index < -0.39 is 0 Å². The Bertz CT molecular complexity index is 2240. The van der Waals surface area contributed by atoms with Crippen LogP contribution in [-0.2, 0) is 0 Å². The quantitative estimate of drug-likeness (QED) is 0.198. The van der Waals surface area contributed by atoms with Gasteiger partial charge in [-0.1, -0.05) is 146 Å². The normalized spacial score (nSPS) is 11.3. The SMILES string of the molecule is c1ccc(-c2c(-c3ccccc3)c(-c3ccccn3)c3c(c2-c2ccccn2)-c2ccccc2-c2ccccc2-c2ccccc2-3)cc1. The van der Waals surface area contributed by atoms with E-state index >= 15 is 0 Å². The minimum atomic E-state index is 0.929. The van der Waals surface area contributed by atoms with Crippen molar-refractivity contribution >= 4 is 0 Å². The van der Waals surface area contributed by atoms with Crippen molar-refractivity contribution in [3.8, 4) is 89.3 Å². The van der Waals surface area contributed by atoms with Gasteiger partial charge in [-0.2, -0.15) is 0 Å². The summed E-state index contributed by atoms with van der Waals surface area (Å²) in [5.74, 6) is 0. The van der Waals surface area contributed by atoms with Crippen LogP contribution in [0.3, 0.4) is 0 Å². The molecular weight excluding hydrogens is 581 g/mol. The van der Waals surface area contributed by atoms with Crippen LogP contribution in [0.15, 0.2) is 182 Å². The van der Waals surface area contributed by atoms with Gasteiger partial charge in [0.15, 0.2) is 0 Å². The second kappa shape index (κ2) is 11.8. The summed E-state index contributed by atoms with van der Waals surface area (Å²) in [6.45, 7) is 0. The van der Waals surface area contributed by atoms with Gasteiger partial charge >= 0.3 is 0 Å². The van der Waals surface area contributed by atoms with Crippen LogP contribution in [0.1, 0.15) is 0 Å². The van der Waals surface area contributed by atoms with Crippen molar-refractivity contribution in [2.75, 3.05) is 0 Å². The predicted molar refractivity (Wildman–Crippen MR) is 199 cm³/mol. The fourth-order valence-corrected chi connectivity index (χ4v) is 7.43. The number of fused-ring (bicyclic) bond motifs is 8. The Kier molecular flexibility index (Phi) is 6.84. The van der Waals surface area contributed by atoms with Crippen molar-refractivity contribution in [3.05, 3.63) is 182 Å². The Morgan fingerprint density at radius 2 is 0.542 bits per heavy atom. The highest BCUT2D eigenvalue weighted by Gasteiger charge is 2.33. The first-order chi connectivity index (χ1) is 23.9. The Balaban J connectivity index is 1.63. The first-order valence-corrected chi connectivity index (χ1v) is 16.3. The number of pyridine rings is 2. The molecule has 1 aliphatic carbocycles. The average Bonchev–Trinajstić information content (AvgIpc) is 3.17. The van der Waals surface area contributed by atoms with Gasteiger partial charge in [-0.05, 0) is 68.8 Å². The molecule has 8 aromatic rings. The van der Waals surface area contributed by atoms with E-state index in [4.69, 9.17) is 9.97 Å². The molecule has 48 heavy (non-hydrogen) atoms. The second-order valence-electron chi connectivity index (χ2n) is 12.0. The summed E-state index contributed by atoms with van der Waals surface area (Å²) < 4.78 is 0. The number of benzene rings is 6. The van der Waals surface area contributed by atoms with Crippen LogP contribution in [0.2, 0.25) is 0 Å². The molecule has 6 aromatic carbocycles. The van der Waals surface area contributed by atoms with Crippen molar-refractivity contribution in [2.24, 2.45) is 0 Å². The average molecular weight is 611 g/mol. The fraction of sp³-hybridized carbons (Fsp3) is 0. The maximum Gasteiger partial charge on any atom is 0.0714 e. The monoisotopic (exact) mass is 610 g/mol. The molecule has 1 aliphatic rings. The third-order valence-corrected chi connectivity index (χ3v) is 9.37. The van der Waals surface area contributed by atoms with Crippen LogP contribution < -0.4 is 0 Å². The standard InChI is InChI=1S/C46H30N2/c1-3-17-31(18-4-1)41-42(32-19-5-2-6-20-32)46(40-28-14-16-30-48-40)44-38-26-12-10-24-36(38)34-22-8-7-21-33(34)35-23-9-11-25-37(35)43(44)45(41)39-27-13-15-29-47-39/h1-30H. The highest BCUT2D eigenvalue weighted by atomic mass is 14.7. The molecule has 0 saturated carbocycles. The van der Waals surface area contributed by atoms with E-state index in [1.165, 1.54) is 33.4 Å². The van der Waals surface area contributed by atoms with E-state index in [-0.39, 0.29) is 0 Å². The maximum atomic E-state index is 5.09. The first-order valence-electron chi connectivity index (χ1n) is 16.3. The second-order valence-corrected chi connectivity index (χ2v) is 12.0. The van der Waals surface area contributed by atoms with Crippen LogP contribution >= 0.6 is 0 Å². The van der Waals surface area contributed by atoms with Crippen LogP contribution in [0.25, 0.3) is 89.3 Å². The zero-order valence-electron chi connectivity index (χ0n) is 26.2. The van der Waals surface area contributed by atoms with Crippen molar-refractivity contribution in [3.63, 3.8) is 0 Å². The molecule has 0 unspecified atom stereocenters. The van der Waals surface area contributed by atoms with Crippen molar-refractivity contribution < 1.29 is 0 Å². The summed E-state index contributed by atoms with van der Waals surface area (Å²) in [5, 5.41) is 0. The summed E-state index contributed by atoms with van der Waals surface area (Å²) in [5.41, 5.74) is 18.1. The molecule has 0 N–H and O–H groups in total. The van der Waals surface area contributed by atoms with E-state index in [1.54, 1.807) is 0 Å². The number of hydrogen-bond donors (Lipinski definition) is 0. The summed E-state index contributed by atoms with van der Waals surface area (Å²) in [6.07, 6.45) is 3.81. The minimum absolute atomic E-state index is 0.929. The highest BCUT2D eigenvalue weighted by Crippen LogP contribution is 2.58. The van der Waals surface area contributed by atoms with Gasteiger partial charge < -0.3 is 0 Å². The van der Waals surface area contributed by atoms with E-state index in [0.717, 1.165) is 55.9 Å². The maximum absolute atomic E-state index is 5.09. The predicted octanol–water partition coefficient (Wildman–Crippen LogP) is 12.1. The molecule has 9 rings (SSSR count). The zero-order valence-corrected chi connectivity index (χ0v) is 26.2. The Morgan fingerprint density at radius 1 is 0.229 bits per heavy atom. The highest BCUT2D eigenvalue weighted by molar-refractivity contribution is 6.18. The van der Waals surface area contributed by atoms with Gasteiger partial charge in [0.2, 0.25) is 0 Å². The van der Waals surface area contributed by atoms with E-state index in [0.29, 0.717) is 0 Å². The number of nitrogens with zero attached hydrogens (tertiary/aromatic N) is 2. The van der Waals surface area contributed by atoms with Gasteiger partial charge in [-0.25, -0.2) is 0 Å². The summed E-state index contributed by atoms with van der Waals surface area (Å²) in [7, 11) is 0. The molecular formula is C46H30N2. The summed E-state index contributed by atoms with van der Waals surface area (Å²) in [6, 6.07) is 60.6. The molecule has 0 saturated heterocycles. The number of aromatic nitrogens is 2. The van der Waals surface area contributed by atoms with Crippen molar-refractivity contribution in [2.45, 2.75) is 0 Å². The van der Waals surface area contributed by atoms with Crippen LogP contribution in [0.5, 0.6) is 0 Å². The van der Waals surface area contributed by atoms with Gasteiger partial charge in [0.05, 0.1) is 11.4 Å². The van der Waals surface area contributed by atoms with E-state index in [9.17, 15) is 0 Å². The lowest BCUT2D eigenvalue weighted by Crippen LogP contribution is -2.06. The smallest absolute Gasteiger partial charge is 0.0714 e. The van der Waals surface area contributed by atoms with Gasteiger partial charge in [-0.3, -0.25) is 9.97 Å². The summed E-state index contributed by atoms with van der Waals surface area (Å²) >= 11 is 0. The molecule has 2 heteroatoms. The van der Waals surface area contributed by atoms with Gasteiger partial charge in [0.1, 0.15) is 0 Å². The Hall–Kier alpha value is -6.38. The molecule has 0 fully saturated rings. The molecule has 2 aromatic heterocycles. The Morgan fingerprint density at radius 3 is 0.896 bits per heavy atom. The van der Waals surface area contributed by atoms with E-state index in [1.807, 2.05) is 24.5 Å². The lowest BCUT2D eigenvalue weighted by atomic mass is 9.72. The van der Waals surface area contributed by atoms with E-state index in [2.05, 4.69) is 158 Å². The number of hydrogen-bond acceptors (Lipinski definition) is 2. The zero-order chi connectivity index (χ0) is 31.9. The Labute approximate surface area is 280 Å². The van der Waals surface area contributed by atoms with Crippen molar-refractivity contribution in [1.82, 2.24) is 9.97 Å². The molecule has 0 aliphatic heterocycles. The molecule has 0 amide bonds.